The van der Waals surface area contributed by atoms with Crippen LogP contribution < -0.4 is 10.1 Å². The number of nitro groups is 1. The van der Waals surface area contributed by atoms with Crippen LogP contribution in [0, 0.1) is 10.1 Å². The summed E-state index contributed by atoms with van der Waals surface area (Å²) in [4.78, 5) is 10.5. The largest absolute Gasteiger partial charge is 0.484 e. The fourth-order valence-electron chi connectivity index (χ4n) is 2.16. The summed E-state index contributed by atoms with van der Waals surface area (Å²) in [5, 5.41) is 14.2. The number of nitrogens with one attached hydrogen (secondary N) is 1. The molecule has 0 saturated carbocycles. The van der Waals surface area contributed by atoms with Crippen molar-refractivity contribution in [3.8, 4) is 5.75 Å². The Morgan fingerprint density at radius 2 is 2.35 bits per heavy atom. The van der Waals surface area contributed by atoms with Crippen LogP contribution in [0.15, 0.2) is 18.2 Å². The van der Waals surface area contributed by atoms with Crippen LogP contribution in [0.5, 0.6) is 5.75 Å². The monoisotopic (exact) mass is 280 g/mol. The summed E-state index contributed by atoms with van der Waals surface area (Å²) in [6, 6.07) is 4.84. The Bertz CT molecular complexity index is 470. The molecule has 0 aromatic heterocycles. The first kappa shape index (κ1) is 14.6. The quantitative estimate of drug-likeness (QED) is 0.640. The fraction of sp³-hybridized carbons (Fsp3) is 0.571. The van der Waals surface area contributed by atoms with Gasteiger partial charge in [0.05, 0.1) is 17.1 Å². The Morgan fingerprint density at radius 1 is 1.55 bits per heavy atom. The Labute approximate surface area is 118 Å². The van der Waals surface area contributed by atoms with E-state index >= 15 is 0 Å². The Balaban J connectivity index is 2.07. The molecule has 2 rings (SSSR count). The summed E-state index contributed by atoms with van der Waals surface area (Å²) in [5.41, 5.74) is 0.795. The second-order valence-corrected chi connectivity index (χ2v) is 5.12. The van der Waals surface area contributed by atoms with E-state index in [1.807, 2.05) is 13.8 Å². The fourth-order valence-corrected chi connectivity index (χ4v) is 2.16. The first-order valence-electron chi connectivity index (χ1n) is 6.87. The lowest BCUT2D eigenvalue weighted by Gasteiger charge is -2.14. The number of benzene rings is 1. The van der Waals surface area contributed by atoms with Gasteiger partial charge in [0.2, 0.25) is 0 Å². The third-order valence-corrected chi connectivity index (χ3v) is 3.08. The zero-order chi connectivity index (χ0) is 14.5. The molecule has 110 valence electrons. The summed E-state index contributed by atoms with van der Waals surface area (Å²) >= 11 is 0. The van der Waals surface area contributed by atoms with Crippen molar-refractivity contribution in [3.05, 3.63) is 28.3 Å². The molecule has 1 atom stereocenters. The van der Waals surface area contributed by atoms with Crippen molar-refractivity contribution in [2.45, 2.75) is 38.9 Å². The normalized spacial score (nSPS) is 18.2. The van der Waals surface area contributed by atoms with Crippen molar-refractivity contribution in [2.24, 2.45) is 0 Å². The maximum atomic E-state index is 11.0. The number of nitro benzene ring substituents is 1. The molecule has 1 aromatic carbocycles. The topological polar surface area (TPSA) is 73.6 Å². The molecule has 0 spiro atoms. The minimum Gasteiger partial charge on any atom is -0.484 e. The first-order valence-corrected chi connectivity index (χ1v) is 6.87. The minimum absolute atomic E-state index is 0.0126. The molecule has 20 heavy (non-hydrogen) atoms. The van der Waals surface area contributed by atoms with E-state index in [1.165, 1.54) is 6.07 Å². The number of nitrogens with zero attached hydrogens (tertiary/aromatic N) is 1. The van der Waals surface area contributed by atoms with Gasteiger partial charge < -0.3 is 14.8 Å². The van der Waals surface area contributed by atoms with E-state index in [-0.39, 0.29) is 17.9 Å². The maximum absolute atomic E-state index is 11.0. The molecular weight excluding hydrogens is 260 g/mol. The molecule has 6 nitrogen and oxygen atoms in total. The first-order chi connectivity index (χ1) is 9.56. The average molecular weight is 280 g/mol. The highest BCUT2D eigenvalue weighted by molar-refractivity contribution is 5.58. The SMILES string of the molecule is CC(C)Oc1cc(NCC2CCCO2)ccc1[N+](=O)[O-]. The van der Waals surface area contributed by atoms with E-state index in [1.54, 1.807) is 12.1 Å². The second-order valence-electron chi connectivity index (χ2n) is 5.12. The Kier molecular flexibility index (Phi) is 4.79. The minimum atomic E-state index is -0.429. The predicted octanol–water partition coefficient (Wildman–Crippen LogP) is 2.97. The average Bonchev–Trinajstić information content (AvgIpc) is 2.88. The van der Waals surface area contributed by atoms with Crippen molar-refractivity contribution >= 4 is 11.4 Å². The number of hydrogen-bond donors (Lipinski definition) is 1. The summed E-state index contributed by atoms with van der Waals surface area (Å²) in [5.74, 6) is 0.294. The van der Waals surface area contributed by atoms with Crippen molar-refractivity contribution < 1.29 is 14.4 Å². The zero-order valence-electron chi connectivity index (χ0n) is 11.8. The highest BCUT2D eigenvalue weighted by atomic mass is 16.6. The molecule has 1 N–H and O–H groups in total. The van der Waals surface area contributed by atoms with Gasteiger partial charge in [-0.3, -0.25) is 10.1 Å². The van der Waals surface area contributed by atoms with Crippen molar-refractivity contribution in [3.63, 3.8) is 0 Å². The number of anilines is 1. The molecule has 0 aliphatic carbocycles. The second kappa shape index (κ2) is 6.56. The highest BCUT2D eigenvalue weighted by Crippen LogP contribution is 2.31. The van der Waals surface area contributed by atoms with Crippen molar-refractivity contribution in [1.29, 1.82) is 0 Å². The van der Waals surface area contributed by atoms with E-state index < -0.39 is 4.92 Å². The number of hydrogen-bond acceptors (Lipinski definition) is 5. The third-order valence-electron chi connectivity index (χ3n) is 3.08. The smallest absolute Gasteiger partial charge is 0.311 e. The summed E-state index contributed by atoms with van der Waals surface area (Å²) in [7, 11) is 0. The molecule has 0 radical (unpaired) electrons. The van der Waals surface area contributed by atoms with Crippen molar-refractivity contribution in [1.82, 2.24) is 0 Å². The van der Waals surface area contributed by atoms with Gasteiger partial charge >= 0.3 is 5.69 Å². The van der Waals surface area contributed by atoms with Crippen LogP contribution in [0.4, 0.5) is 11.4 Å². The highest BCUT2D eigenvalue weighted by Gasteiger charge is 2.18. The van der Waals surface area contributed by atoms with Crippen molar-refractivity contribution in [2.75, 3.05) is 18.5 Å². The van der Waals surface area contributed by atoms with Crippen LogP contribution in [0.3, 0.4) is 0 Å². The summed E-state index contributed by atoms with van der Waals surface area (Å²) in [6.45, 7) is 5.21. The zero-order valence-corrected chi connectivity index (χ0v) is 11.8. The molecule has 1 unspecified atom stereocenters. The number of rotatable bonds is 6. The van der Waals surface area contributed by atoms with E-state index in [9.17, 15) is 10.1 Å². The van der Waals surface area contributed by atoms with E-state index in [0.29, 0.717) is 12.3 Å². The molecule has 1 saturated heterocycles. The molecule has 1 aliphatic heterocycles. The summed E-state index contributed by atoms with van der Waals surface area (Å²) in [6.07, 6.45) is 2.26. The lowest BCUT2D eigenvalue weighted by molar-refractivity contribution is -0.386. The van der Waals surface area contributed by atoms with Crippen LogP contribution in [-0.2, 0) is 4.74 Å². The summed E-state index contributed by atoms with van der Waals surface area (Å²) < 4.78 is 11.0. The van der Waals surface area contributed by atoms with Gasteiger partial charge in [-0.05, 0) is 32.8 Å². The van der Waals surface area contributed by atoms with Crippen LogP contribution in [0.2, 0.25) is 0 Å². The Hall–Kier alpha value is -1.82. The van der Waals surface area contributed by atoms with Gasteiger partial charge in [0.25, 0.3) is 0 Å². The predicted molar refractivity (Wildman–Crippen MR) is 76.3 cm³/mol. The standard InChI is InChI=1S/C14H20N2O4/c1-10(2)20-14-8-11(5-6-13(14)16(17)18)15-9-12-4-3-7-19-12/h5-6,8,10,12,15H,3-4,7,9H2,1-2H3. The molecule has 1 aromatic rings. The molecule has 1 aliphatic rings. The molecule has 0 bridgehead atoms. The van der Waals surface area contributed by atoms with Crippen LogP contribution in [0.1, 0.15) is 26.7 Å². The van der Waals surface area contributed by atoms with Crippen LogP contribution in [0.25, 0.3) is 0 Å². The third kappa shape index (κ3) is 3.84. The molecule has 6 heteroatoms. The van der Waals surface area contributed by atoms with Crippen LogP contribution >= 0.6 is 0 Å². The van der Waals surface area contributed by atoms with Gasteiger partial charge in [0.1, 0.15) is 0 Å². The van der Waals surface area contributed by atoms with Gasteiger partial charge in [0.15, 0.2) is 5.75 Å². The van der Waals surface area contributed by atoms with Gasteiger partial charge in [0, 0.05) is 31.0 Å². The molecule has 1 fully saturated rings. The maximum Gasteiger partial charge on any atom is 0.311 e. The van der Waals surface area contributed by atoms with E-state index in [4.69, 9.17) is 9.47 Å². The lowest BCUT2D eigenvalue weighted by atomic mass is 10.2. The van der Waals surface area contributed by atoms with Gasteiger partial charge in [-0.15, -0.1) is 0 Å². The number of ether oxygens (including phenoxy) is 2. The lowest BCUT2D eigenvalue weighted by Crippen LogP contribution is -2.18. The molecule has 1 heterocycles. The van der Waals surface area contributed by atoms with Gasteiger partial charge in [-0.25, -0.2) is 0 Å². The van der Waals surface area contributed by atoms with E-state index in [2.05, 4.69) is 5.32 Å². The van der Waals surface area contributed by atoms with Gasteiger partial charge in [-0.2, -0.15) is 0 Å². The van der Waals surface area contributed by atoms with E-state index in [0.717, 1.165) is 25.1 Å². The molecule has 0 amide bonds. The van der Waals surface area contributed by atoms with Gasteiger partial charge in [-0.1, -0.05) is 0 Å². The Morgan fingerprint density at radius 3 is 2.95 bits per heavy atom. The molecular formula is C14H20N2O4. The van der Waals surface area contributed by atoms with Crippen LogP contribution in [-0.4, -0.2) is 30.3 Å².